The lowest BCUT2D eigenvalue weighted by Gasteiger charge is -2.36. The smallest absolute Gasteiger partial charge is 0.138 e. The average Bonchev–Trinajstić information content (AvgIpc) is 3.60. The summed E-state index contributed by atoms with van der Waals surface area (Å²) in [6.07, 6.45) is 12.9. The standard InChI is InChI=1S/C50H42O/c1-4-13-33(14-5-1)36-23-24-38-28-39(26-25-37(38)27-36)41-29-40(34-15-6-2-7-16-34)30-42(31-41)43-21-12-22-46-49-45-20-11-10-19-44(45)47(32-48(49)51-50(43)46)35-17-8-3-9-18-35/h1-10,12-19,21-28,32,40-42,44-45H,11,20,29-31H2. The molecule has 5 unspecified atom stereocenters. The summed E-state index contributed by atoms with van der Waals surface area (Å²) in [5, 5.41) is 3.95. The first-order valence-electron chi connectivity index (χ1n) is 18.9. The second-order valence-electron chi connectivity index (χ2n) is 15.1. The van der Waals surface area contributed by atoms with E-state index in [1.807, 2.05) is 0 Å². The topological polar surface area (TPSA) is 13.1 Å². The summed E-state index contributed by atoms with van der Waals surface area (Å²) < 4.78 is 7.06. The van der Waals surface area contributed by atoms with E-state index in [9.17, 15) is 0 Å². The second kappa shape index (κ2) is 12.7. The summed E-state index contributed by atoms with van der Waals surface area (Å²) in [5.41, 5.74) is 12.1. The summed E-state index contributed by atoms with van der Waals surface area (Å²) in [4.78, 5) is 0. The zero-order valence-electron chi connectivity index (χ0n) is 28.9. The molecular weight excluding hydrogens is 617 g/mol. The Morgan fingerprint density at radius 1 is 0.529 bits per heavy atom. The van der Waals surface area contributed by atoms with Gasteiger partial charge in [0.25, 0.3) is 0 Å². The number of allylic oxidation sites excluding steroid dienone is 3. The van der Waals surface area contributed by atoms with Crippen LogP contribution in [0.5, 0.6) is 0 Å². The first-order valence-corrected chi connectivity index (χ1v) is 18.9. The number of hydrogen-bond donors (Lipinski definition) is 0. The molecule has 0 N–H and O–H groups in total. The van der Waals surface area contributed by atoms with Crippen molar-refractivity contribution in [1.82, 2.24) is 0 Å². The maximum atomic E-state index is 7.06. The van der Waals surface area contributed by atoms with E-state index in [0.717, 1.165) is 43.4 Å². The lowest BCUT2D eigenvalue weighted by Crippen LogP contribution is -2.20. The highest BCUT2D eigenvalue weighted by molar-refractivity contribution is 5.95. The molecule has 51 heavy (non-hydrogen) atoms. The van der Waals surface area contributed by atoms with Crippen molar-refractivity contribution in [2.75, 3.05) is 0 Å². The van der Waals surface area contributed by atoms with Crippen LogP contribution in [-0.2, 0) is 0 Å². The van der Waals surface area contributed by atoms with Gasteiger partial charge in [-0.15, -0.1) is 0 Å². The first-order chi connectivity index (χ1) is 25.3. The molecule has 5 atom stereocenters. The van der Waals surface area contributed by atoms with Gasteiger partial charge in [0.1, 0.15) is 11.3 Å². The van der Waals surface area contributed by atoms with Gasteiger partial charge >= 0.3 is 0 Å². The van der Waals surface area contributed by atoms with E-state index in [0.29, 0.717) is 29.6 Å². The molecule has 3 aliphatic carbocycles. The molecular formula is C50H42O. The Morgan fingerprint density at radius 3 is 2.02 bits per heavy atom. The molecule has 6 aromatic carbocycles. The fourth-order valence-corrected chi connectivity index (χ4v) is 9.78. The van der Waals surface area contributed by atoms with Gasteiger partial charge in [0.2, 0.25) is 0 Å². The molecule has 0 aliphatic heterocycles. The van der Waals surface area contributed by atoms with Crippen LogP contribution < -0.4 is 0 Å². The zero-order valence-corrected chi connectivity index (χ0v) is 28.9. The Bertz CT molecular complexity index is 2410. The zero-order chi connectivity index (χ0) is 33.7. The first kappa shape index (κ1) is 30.4. The molecule has 0 radical (unpaired) electrons. The second-order valence-corrected chi connectivity index (χ2v) is 15.1. The van der Waals surface area contributed by atoms with Gasteiger partial charge in [0.05, 0.1) is 0 Å². The molecule has 1 saturated carbocycles. The van der Waals surface area contributed by atoms with Crippen molar-refractivity contribution < 1.29 is 4.42 Å². The van der Waals surface area contributed by atoms with Crippen LogP contribution in [0.4, 0.5) is 0 Å². The monoisotopic (exact) mass is 658 g/mol. The van der Waals surface area contributed by atoms with Gasteiger partial charge in [0, 0.05) is 16.9 Å². The number of rotatable bonds is 5. The van der Waals surface area contributed by atoms with E-state index in [1.54, 1.807) is 0 Å². The van der Waals surface area contributed by atoms with E-state index in [-0.39, 0.29) is 0 Å². The van der Waals surface area contributed by atoms with Crippen LogP contribution in [0.15, 0.2) is 162 Å². The van der Waals surface area contributed by atoms with Gasteiger partial charge in [-0.1, -0.05) is 152 Å². The lowest BCUT2D eigenvalue weighted by atomic mass is 9.68. The third kappa shape index (κ3) is 5.47. The summed E-state index contributed by atoms with van der Waals surface area (Å²) in [7, 11) is 0. The normalized spacial score (nSPS) is 22.7. The van der Waals surface area contributed by atoms with Crippen molar-refractivity contribution in [2.24, 2.45) is 5.92 Å². The number of benzene rings is 6. The summed E-state index contributed by atoms with van der Waals surface area (Å²) in [6, 6.07) is 54.1. The highest BCUT2D eigenvalue weighted by Gasteiger charge is 2.38. The van der Waals surface area contributed by atoms with Crippen LogP contribution in [0.25, 0.3) is 44.5 Å². The third-order valence-electron chi connectivity index (χ3n) is 12.2. The Labute approximate surface area is 301 Å². The summed E-state index contributed by atoms with van der Waals surface area (Å²) in [5.74, 6) is 3.26. The maximum Gasteiger partial charge on any atom is 0.138 e. The Kier molecular flexibility index (Phi) is 7.60. The average molecular weight is 659 g/mol. The third-order valence-corrected chi connectivity index (χ3v) is 12.2. The van der Waals surface area contributed by atoms with Crippen molar-refractivity contribution in [2.45, 2.75) is 55.8 Å². The van der Waals surface area contributed by atoms with Crippen molar-refractivity contribution in [3.05, 3.63) is 191 Å². The molecule has 3 aliphatic rings. The maximum absolute atomic E-state index is 7.06. The molecule has 1 heterocycles. The van der Waals surface area contributed by atoms with Gasteiger partial charge in [-0.25, -0.2) is 0 Å². The number of furan rings is 1. The lowest BCUT2D eigenvalue weighted by molar-refractivity contribution is 0.351. The van der Waals surface area contributed by atoms with Crippen molar-refractivity contribution >= 4 is 33.4 Å². The van der Waals surface area contributed by atoms with E-state index in [2.05, 4.69) is 164 Å². The number of fused-ring (bicyclic) bond motifs is 6. The van der Waals surface area contributed by atoms with Crippen molar-refractivity contribution in [3.8, 4) is 11.1 Å². The predicted molar refractivity (Wildman–Crippen MR) is 213 cm³/mol. The molecule has 1 fully saturated rings. The van der Waals surface area contributed by atoms with Gasteiger partial charge in [-0.05, 0) is 118 Å². The van der Waals surface area contributed by atoms with Crippen molar-refractivity contribution in [3.63, 3.8) is 0 Å². The van der Waals surface area contributed by atoms with Gasteiger partial charge < -0.3 is 4.42 Å². The molecule has 1 aromatic heterocycles. The van der Waals surface area contributed by atoms with Gasteiger partial charge in [0.15, 0.2) is 0 Å². The van der Waals surface area contributed by atoms with E-state index in [1.165, 1.54) is 60.7 Å². The predicted octanol–water partition coefficient (Wildman–Crippen LogP) is 13.7. The molecule has 0 saturated heterocycles. The number of hydrogen-bond acceptors (Lipinski definition) is 1. The molecule has 0 spiro atoms. The molecule has 1 heteroatoms. The Hall–Kier alpha value is -5.40. The van der Waals surface area contributed by atoms with Gasteiger partial charge in [-0.2, -0.15) is 0 Å². The van der Waals surface area contributed by atoms with Crippen molar-refractivity contribution in [1.29, 1.82) is 0 Å². The largest absolute Gasteiger partial charge is 0.456 e. The van der Waals surface area contributed by atoms with Crippen LogP contribution in [0, 0.1) is 5.92 Å². The molecule has 7 aromatic rings. The van der Waals surface area contributed by atoms with E-state index < -0.39 is 0 Å². The molecule has 0 bridgehead atoms. The van der Waals surface area contributed by atoms with Crippen LogP contribution >= 0.6 is 0 Å². The van der Waals surface area contributed by atoms with Crippen LogP contribution in [0.1, 0.15) is 89.4 Å². The van der Waals surface area contributed by atoms with E-state index >= 15 is 0 Å². The molecule has 248 valence electrons. The Morgan fingerprint density at radius 2 is 1.22 bits per heavy atom. The SMILES string of the molecule is C1=CC2C(c3ccccc3)=Cc3oc4c(C5CC(c6ccccc6)CC(c6ccc7cc(-c8ccccc8)ccc7c6)C5)cccc4c3C2CC1. The van der Waals surface area contributed by atoms with E-state index in [4.69, 9.17) is 4.42 Å². The minimum absolute atomic E-state index is 0.385. The molecule has 1 nitrogen and oxygen atoms in total. The highest BCUT2D eigenvalue weighted by Crippen LogP contribution is 2.54. The fourth-order valence-electron chi connectivity index (χ4n) is 9.78. The van der Waals surface area contributed by atoms with Crippen LogP contribution in [0.3, 0.4) is 0 Å². The summed E-state index contributed by atoms with van der Waals surface area (Å²) in [6.45, 7) is 0. The number of para-hydroxylation sites is 1. The summed E-state index contributed by atoms with van der Waals surface area (Å²) >= 11 is 0. The minimum Gasteiger partial charge on any atom is -0.456 e. The fraction of sp³-hybridized carbons (Fsp3) is 0.200. The molecule has 0 amide bonds. The van der Waals surface area contributed by atoms with Crippen LogP contribution in [-0.4, -0.2) is 0 Å². The molecule has 10 rings (SSSR count). The Balaban J connectivity index is 1.05. The highest BCUT2D eigenvalue weighted by atomic mass is 16.3. The minimum atomic E-state index is 0.385. The quantitative estimate of drug-likeness (QED) is 0.168. The van der Waals surface area contributed by atoms with Gasteiger partial charge in [-0.3, -0.25) is 0 Å². The van der Waals surface area contributed by atoms with Crippen LogP contribution in [0.2, 0.25) is 0 Å².